The monoisotopic (exact) mass is 406 g/mol. The van der Waals surface area contributed by atoms with Crippen LogP contribution in [-0.2, 0) is 13.6 Å². The van der Waals surface area contributed by atoms with Gasteiger partial charge in [0, 0.05) is 51.5 Å². The van der Waals surface area contributed by atoms with Gasteiger partial charge in [-0.2, -0.15) is 5.10 Å². The summed E-state index contributed by atoms with van der Waals surface area (Å²) in [7, 11) is 1.69. The van der Waals surface area contributed by atoms with E-state index in [2.05, 4.69) is 43.1 Å². The molecule has 0 amide bonds. The van der Waals surface area contributed by atoms with Gasteiger partial charge in [0.25, 0.3) is 5.56 Å². The van der Waals surface area contributed by atoms with Gasteiger partial charge in [-0.25, -0.2) is 14.6 Å². The van der Waals surface area contributed by atoms with Crippen molar-refractivity contribution in [3.8, 4) is 5.88 Å². The van der Waals surface area contributed by atoms with Crippen LogP contribution in [0.1, 0.15) is 25.0 Å². The highest BCUT2D eigenvalue weighted by atomic mass is 16.5. The minimum atomic E-state index is -0.0792. The summed E-state index contributed by atoms with van der Waals surface area (Å²) in [4.78, 5) is 25.1. The van der Waals surface area contributed by atoms with Crippen molar-refractivity contribution in [3.05, 3.63) is 52.7 Å². The van der Waals surface area contributed by atoms with Gasteiger partial charge >= 0.3 is 0 Å². The van der Waals surface area contributed by atoms with Crippen LogP contribution in [0.5, 0.6) is 5.88 Å². The molecule has 5 rings (SSSR count). The lowest BCUT2D eigenvalue weighted by atomic mass is 9.96. The van der Waals surface area contributed by atoms with Crippen LogP contribution >= 0.6 is 0 Å². The molecular formula is C22H26N6O2. The van der Waals surface area contributed by atoms with Gasteiger partial charge in [0.1, 0.15) is 12.4 Å². The Labute approximate surface area is 175 Å². The lowest BCUT2D eigenvalue weighted by Gasteiger charge is -2.36. The fraction of sp³-hybridized carbons (Fsp3) is 0.455. The van der Waals surface area contributed by atoms with Crippen LogP contribution in [0.25, 0.3) is 10.9 Å². The van der Waals surface area contributed by atoms with Crippen LogP contribution in [0.3, 0.4) is 0 Å². The Bertz CT molecular complexity index is 1100. The number of hydrogen-bond acceptors (Lipinski definition) is 7. The zero-order chi connectivity index (χ0) is 20.5. The zero-order valence-electron chi connectivity index (χ0n) is 17.2. The number of piperazine rings is 1. The smallest absolute Gasteiger partial charge is 0.266 e. The van der Waals surface area contributed by atoms with Gasteiger partial charge < -0.3 is 9.64 Å². The van der Waals surface area contributed by atoms with Crippen molar-refractivity contribution in [1.29, 1.82) is 0 Å². The maximum Gasteiger partial charge on any atom is 0.266 e. The molecule has 1 aliphatic heterocycles. The number of aromatic nitrogens is 4. The number of nitrogens with zero attached hydrogens (tertiary/aromatic N) is 6. The zero-order valence-corrected chi connectivity index (χ0v) is 17.2. The first-order valence-electron chi connectivity index (χ1n) is 10.6. The Kier molecular flexibility index (Phi) is 5.08. The largest absolute Gasteiger partial charge is 0.474 e. The van der Waals surface area contributed by atoms with Crippen molar-refractivity contribution in [2.45, 2.75) is 31.9 Å². The standard InChI is InChI=1S/C22H26N6O2/c1-26-21(29)8-5-16(25-26)14-27-9-11-28(12-10-27)17-6-7-20-19(13-17)22(24-15-23-20)30-18-3-2-4-18/h5-8,13,15,18H,2-4,9-12,14H2,1H3. The normalized spacial score (nSPS) is 17.8. The molecule has 8 heteroatoms. The summed E-state index contributed by atoms with van der Waals surface area (Å²) in [5.74, 6) is 0.700. The Morgan fingerprint density at radius 1 is 1.07 bits per heavy atom. The number of fused-ring (bicyclic) bond motifs is 1. The third-order valence-corrected chi connectivity index (χ3v) is 6.05. The molecule has 8 nitrogen and oxygen atoms in total. The van der Waals surface area contributed by atoms with E-state index < -0.39 is 0 Å². The van der Waals surface area contributed by atoms with E-state index in [9.17, 15) is 4.79 Å². The second-order valence-electron chi connectivity index (χ2n) is 8.10. The third-order valence-electron chi connectivity index (χ3n) is 6.05. The molecule has 0 bridgehead atoms. The van der Waals surface area contributed by atoms with Crippen molar-refractivity contribution in [3.63, 3.8) is 0 Å². The van der Waals surface area contributed by atoms with E-state index in [0.29, 0.717) is 12.0 Å². The molecule has 1 saturated carbocycles. The molecule has 0 radical (unpaired) electrons. The van der Waals surface area contributed by atoms with Crippen LogP contribution in [0, 0.1) is 0 Å². The van der Waals surface area contributed by atoms with Gasteiger partial charge in [-0.15, -0.1) is 0 Å². The van der Waals surface area contributed by atoms with Gasteiger partial charge in [-0.05, 0) is 43.5 Å². The molecule has 2 aliphatic rings. The van der Waals surface area contributed by atoms with Gasteiger partial charge in [0.15, 0.2) is 0 Å². The van der Waals surface area contributed by atoms with Crippen molar-refractivity contribution in [2.75, 3.05) is 31.1 Å². The molecule has 1 aliphatic carbocycles. The lowest BCUT2D eigenvalue weighted by molar-refractivity contribution is 0.116. The number of hydrogen-bond donors (Lipinski definition) is 0. The van der Waals surface area contributed by atoms with E-state index in [4.69, 9.17) is 4.74 Å². The van der Waals surface area contributed by atoms with Crippen LogP contribution in [-0.4, -0.2) is 56.9 Å². The van der Waals surface area contributed by atoms with Crippen LogP contribution in [0.15, 0.2) is 41.5 Å². The molecule has 3 aromatic rings. The van der Waals surface area contributed by atoms with Crippen LogP contribution < -0.4 is 15.2 Å². The second-order valence-corrected chi connectivity index (χ2v) is 8.10. The summed E-state index contributed by atoms with van der Waals surface area (Å²) < 4.78 is 7.49. The van der Waals surface area contributed by atoms with E-state index in [0.717, 1.165) is 62.2 Å². The molecule has 0 atom stereocenters. The molecule has 2 aromatic heterocycles. The number of anilines is 1. The van der Waals surface area contributed by atoms with E-state index in [1.165, 1.54) is 16.8 Å². The Hall–Kier alpha value is -3.00. The van der Waals surface area contributed by atoms with Crippen molar-refractivity contribution in [2.24, 2.45) is 7.05 Å². The minimum Gasteiger partial charge on any atom is -0.474 e. The molecule has 0 unspecified atom stereocenters. The Balaban J connectivity index is 1.27. The summed E-state index contributed by atoms with van der Waals surface area (Å²) >= 11 is 0. The quantitative estimate of drug-likeness (QED) is 0.641. The van der Waals surface area contributed by atoms with E-state index >= 15 is 0 Å². The topological polar surface area (TPSA) is 76.4 Å². The predicted octanol–water partition coefficient (Wildman–Crippen LogP) is 1.98. The first-order chi connectivity index (χ1) is 14.7. The molecule has 30 heavy (non-hydrogen) atoms. The summed E-state index contributed by atoms with van der Waals surface area (Å²) in [5.41, 5.74) is 2.94. The molecule has 2 fully saturated rings. The average Bonchev–Trinajstić information content (AvgIpc) is 2.74. The van der Waals surface area contributed by atoms with Crippen molar-refractivity contribution in [1.82, 2.24) is 24.6 Å². The van der Waals surface area contributed by atoms with Crippen molar-refractivity contribution >= 4 is 16.6 Å². The molecule has 156 valence electrons. The molecule has 0 spiro atoms. The summed E-state index contributed by atoms with van der Waals surface area (Å²) in [6, 6.07) is 9.75. The summed E-state index contributed by atoms with van der Waals surface area (Å²) in [6.07, 6.45) is 5.33. The van der Waals surface area contributed by atoms with E-state index in [1.807, 2.05) is 6.07 Å². The minimum absolute atomic E-state index is 0.0792. The highest BCUT2D eigenvalue weighted by Gasteiger charge is 2.22. The number of benzene rings is 1. The van der Waals surface area contributed by atoms with Gasteiger partial charge in [0.05, 0.1) is 16.6 Å². The van der Waals surface area contributed by atoms with E-state index in [1.54, 1.807) is 19.4 Å². The molecule has 1 aromatic carbocycles. The van der Waals surface area contributed by atoms with Crippen LogP contribution in [0.2, 0.25) is 0 Å². The Morgan fingerprint density at radius 2 is 1.90 bits per heavy atom. The first kappa shape index (κ1) is 19.0. The number of rotatable bonds is 5. The third kappa shape index (κ3) is 3.87. The highest BCUT2D eigenvalue weighted by molar-refractivity contribution is 5.86. The average molecular weight is 406 g/mol. The second kappa shape index (κ2) is 8.02. The van der Waals surface area contributed by atoms with Gasteiger partial charge in [0.2, 0.25) is 5.88 Å². The highest BCUT2D eigenvalue weighted by Crippen LogP contribution is 2.31. The van der Waals surface area contributed by atoms with Crippen molar-refractivity contribution < 1.29 is 4.74 Å². The molecule has 1 saturated heterocycles. The molecule has 3 heterocycles. The first-order valence-corrected chi connectivity index (χ1v) is 10.6. The maximum absolute atomic E-state index is 11.5. The Morgan fingerprint density at radius 3 is 2.63 bits per heavy atom. The number of aryl methyl sites for hydroxylation is 1. The lowest BCUT2D eigenvalue weighted by Crippen LogP contribution is -2.46. The maximum atomic E-state index is 11.5. The fourth-order valence-electron chi connectivity index (χ4n) is 3.99. The molecular weight excluding hydrogens is 380 g/mol. The number of ether oxygens (including phenoxy) is 1. The van der Waals surface area contributed by atoms with Gasteiger partial charge in [-0.3, -0.25) is 9.69 Å². The molecule has 0 N–H and O–H groups in total. The fourth-order valence-corrected chi connectivity index (χ4v) is 3.99. The van der Waals surface area contributed by atoms with E-state index in [-0.39, 0.29) is 5.56 Å². The predicted molar refractivity (Wildman–Crippen MR) is 115 cm³/mol. The SMILES string of the molecule is Cn1nc(CN2CCN(c3ccc4ncnc(OC5CCC5)c4c3)CC2)ccc1=O. The van der Waals surface area contributed by atoms with Gasteiger partial charge in [-0.1, -0.05) is 0 Å². The summed E-state index contributed by atoms with van der Waals surface area (Å²) in [6.45, 7) is 4.51. The summed E-state index contributed by atoms with van der Waals surface area (Å²) in [5, 5.41) is 5.33. The van der Waals surface area contributed by atoms with Crippen LogP contribution in [0.4, 0.5) is 5.69 Å².